The molecule has 2 nitrogen and oxygen atoms in total. The average molecular weight is 203 g/mol. The Morgan fingerprint density at radius 1 is 1.27 bits per heavy atom. The molecule has 0 spiro atoms. The number of carbonyl (C=O) groups excluding carboxylic acids is 1. The normalized spacial score (nSPS) is 17.7. The minimum absolute atomic E-state index is 0.0465. The number of rotatable bonds is 2. The summed E-state index contributed by atoms with van der Waals surface area (Å²) in [6.07, 6.45) is 8.47. The van der Waals surface area contributed by atoms with Gasteiger partial charge in [-0.1, -0.05) is 25.3 Å². The molecule has 1 saturated carbocycles. The van der Waals surface area contributed by atoms with Gasteiger partial charge in [0.15, 0.2) is 5.78 Å². The smallest absolute Gasteiger partial charge is 0.178 e. The van der Waals surface area contributed by atoms with Crippen molar-refractivity contribution in [2.45, 2.75) is 44.9 Å². The molecule has 1 aliphatic rings. The Morgan fingerprint density at radius 2 is 2.00 bits per heavy atom. The zero-order valence-electron chi connectivity index (χ0n) is 9.20. The minimum Gasteiger partial charge on any atom is -0.293 e. The van der Waals surface area contributed by atoms with Crippen LogP contribution in [0.15, 0.2) is 18.3 Å². The van der Waals surface area contributed by atoms with Crippen LogP contribution in [0.2, 0.25) is 0 Å². The van der Waals surface area contributed by atoms with Gasteiger partial charge in [0.25, 0.3) is 0 Å². The van der Waals surface area contributed by atoms with E-state index < -0.39 is 0 Å². The molecule has 15 heavy (non-hydrogen) atoms. The van der Waals surface area contributed by atoms with Gasteiger partial charge in [-0.15, -0.1) is 0 Å². The second kappa shape index (κ2) is 4.56. The van der Waals surface area contributed by atoms with Crippen molar-refractivity contribution in [2.24, 2.45) is 0 Å². The molecule has 80 valence electrons. The van der Waals surface area contributed by atoms with E-state index in [-0.39, 0.29) is 5.78 Å². The summed E-state index contributed by atoms with van der Waals surface area (Å²) in [5, 5.41) is 0. The third-order valence-corrected chi connectivity index (χ3v) is 3.22. The van der Waals surface area contributed by atoms with Gasteiger partial charge in [-0.05, 0) is 30.4 Å². The van der Waals surface area contributed by atoms with Crippen LogP contribution in [0.1, 0.15) is 61.0 Å². The summed E-state index contributed by atoms with van der Waals surface area (Å²) >= 11 is 0. The van der Waals surface area contributed by atoms with Gasteiger partial charge in [0.2, 0.25) is 0 Å². The highest BCUT2D eigenvalue weighted by Crippen LogP contribution is 2.32. The average Bonchev–Trinajstić information content (AvgIpc) is 2.30. The van der Waals surface area contributed by atoms with Gasteiger partial charge in [-0.2, -0.15) is 0 Å². The molecule has 2 rings (SSSR count). The van der Waals surface area contributed by atoms with Crippen molar-refractivity contribution in [1.29, 1.82) is 0 Å². The highest BCUT2D eigenvalue weighted by atomic mass is 16.1. The standard InChI is InChI=1S/C13H17NO/c1-10(15)13-8-7-12(9-14-13)11-5-3-2-4-6-11/h7-9,11H,2-6H2,1H3. The molecule has 0 atom stereocenters. The maximum atomic E-state index is 11.1. The van der Waals surface area contributed by atoms with Crippen LogP contribution in [-0.2, 0) is 0 Å². The first-order valence-electron chi connectivity index (χ1n) is 5.74. The number of Topliss-reactive ketones (excluding diaryl/α,β-unsaturated/α-hetero) is 1. The highest BCUT2D eigenvalue weighted by molar-refractivity contribution is 5.91. The Labute approximate surface area is 90.7 Å². The first kappa shape index (κ1) is 10.3. The molecule has 0 bridgehead atoms. The van der Waals surface area contributed by atoms with Gasteiger partial charge in [0.05, 0.1) is 0 Å². The molecule has 2 heteroatoms. The maximum absolute atomic E-state index is 11.1. The number of nitrogens with zero attached hydrogens (tertiary/aromatic N) is 1. The van der Waals surface area contributed by atoms with E-state index >= 15 is 0 Å². The van der Waals surface area contributed by atoms with Crippen LogP contribution in [0.25, 0.3) is 0 Å². The summed E-state index contributed by atoms with van der Waals surface area (Å²) in [7, 11) is 0. The molecule has 0 N–H and O–H groups in total. The number of ketones is 1. The van der Waals surface area contributed by atoms with E-state index in [1.165, 1.54) is 37.7 Å². The Hall–Kier alpha value is -1.18. The Balaban J connectivity index is 2.11. The third kappa shape index (κ3) is 2.44. The molecule has 0 aliphatic heterocycles. The van der Waals surface area contributed by atoms with E-state index in [1.807, 2.05) is 12.3 Å². The monoisotopic (exact) mass is 203 g/mol. The lowest BCUT2D eigenvalue weighted by Gasteiger charge is -2.21. The molecule has 1 aliphatic carbocycles. The van der Waals surface area contributed by atoms with Crippen LogP contribution in [-0.4, -0.2) is 10.8 Å². The Kier molecular flexibility index (Phi) is 3.14. The second-order valence-corrected chi connectivity index (χ2v) is 4.37. The summed E-state index contributed by atoms with van der Waals surface area (Å²) < 4.78 is 0. The lowest BCUT2D eigenvalue weighted by atomic mass is 9.85. The van der Waals surface area contributed by atoms with Gasteiger partial charge in [0, 0.05) is 13.1 Å². The summed E-state index contributed by atoms with van der Waals surface area (Å²) in [6.45, 7) is 1.56. The van der Waals surface area contributed by atoms with Crippen LogP contribution in [0, 0.1) is 0 Å². The van der Waals surface area contributed by atoms with Crippen molar-refractivity contribution in [3.63, 3.8) is 0 Å². The molecular weight excluding hydrogens is 186 g/mol. The van der Waals surface area contributed by atoms with Crippen molar-refractivity contribution in [3.8, 4) is 0 Å². The molecule has 0 unspecified atom stereocenters. The topological polar surface area (TPSA) is 30.0 Å². The lowest BCUT2D eigenvalue weighted by Crippen LogP contribution is -2.06. The van der Waals surface area contributed by atoms with Crippen molar-refractivity contribution in [1.82, 2.24) is 4.98 Å². The van der Waals surface area contributed by atoms with Gasteiger partial charge < -0.3 is 0 Å². The number of aromatic nitrogens is 1. The summed E-state index contributed by atoms with van der Waals surface area (Å²) in [5.41, 5.74) is 1.88. The zero-order chi connectivity index (χ0) is 10.7. The van der Waals surface area contributed by atoms with Gasteiger partial charge in [-0.25, -0.2) is 0 Å². The molecule has 1 heterocycles. The largest absolute Gasteiger partial charge is 0.293 e. The van der Waals surface area contributed by atoms with E-state index in [9.17, 15) is 4.79 Å². The van der Waals surface area contributed by atoms with Crippen LogP contribution in [0.4, 0.5) is 0 Å². The summed E-state index contributed by atoms with van der Waals surface area (Å²) in [4.78, 5) is 15.3. The van der Waals surface area contributed by atoms with Crippen LogP contribution in [0.5, 0.6) is 0 Å². The van der Waals surface area contributed by atoms with E-state index in [1.54, 1.807) is 6.92 Å². The molecular formula is C13H17NO. The maximum Gasteiger partial charge on any atom is 0.178 e. The predicted octanol–water partition coefficient (Wildman–Crippen LogP) is 3.33. The lowest BCUT2D eigenvalue weighted by molar-refractivity contribution is 0.101. The summed E-state index contributed by atoms with van der Waals surface area (Å²) in [6, 6.07) is 3.92. The van der Waals surface area contributed by atoms with Gasteiger partial charge in [-0.3, -0.25) is 9.78 Å². The van der Waals surface area contributed by atoms with Crippen LogP contribution < -0.4 is 0 Å². The molecule has 0 amide bonds. The molecule has 0 radical (unpaired) electrons. The quantitative estimate of drug-likeness (QED) is 0.690. The van der Waals surface area contributed by atoms with E-state index in [4.69, 9.17) is 0 Å². The fourth-order valence-electron chi connectivity index (χ4n) is 2.29. The van der Waals surface area contributed by atoms with Crippen molar-refractivity contribution >= 4 is 5.78 Å². The Morgan fingerprint density at radius 3 is 2.53 bits per heavy atom. The predicted molar refractivity (Wildman–Crippen MR) is 60.1 cm³/mol. The molecule has 1 aromatic rings. The third-order valence-electron chi connectivity index (χ3n) is 3.22. The van der Waals surface area contributed by atoms with Crippen molar-refractivity contribution in [3.05, 3.63) is 29.6 Å². The van der Waals surface area contributed by atoms with Gasteiger partial charge in [0.1, 0.15) is 5.69 Å². The van der Waals surface area contributed by atoms with E-state index in [0.29, 0.717) is 11.6 Å². The minimum atomic E-state index is 0.0465. The van der Waals surface area contributed by atoms with Crippen LogP contribution in [0.3, 0.4) is 0 Å². The molecule has 1 aromatic heterocycles. The van der Waals surface area contributed by atoms with E-state index in [2.05, 4.69) is 11.1 Å². The van der Waals surface area contributed by atoms with E-state index in [0.717, 1.165) is 0 Å². The Bertz CT molecular complexity index is 336. The first-order chi connectivity index (χ1) is 7.27. The number of hydrogen-bond acceptors (Lipinski definition) is 2. The van der Waals surface area contributed by atoms with Gasteiger partial charge >= 0.3 is 0 Å². The summed E-state index contributed by atoms with van der Waals surface area (Å²) in [5.74, 6) is 0.720. The van der Waals surface area contributed by atoms with Crippen molar-refractivity contribution in [2.75, 3.05) is 0 Å². The number of pyridine rings is 1. The first-order valence-corrected chi connectivity index (χ1v) is 5.74. The van der Waals surface area contributed by atoms with Crippen molar-refractivity contribution < 1.29 is 4.79 Å². The fraction of sp³-hybridized carbons (Fsp3) is 0.538. The fourth-order valence-corrected chi connectivity index (χ4v) is 2.29. The second-order valence-electron chi connectivity index (χ2n) is 4.37. The molecule has 1 fully saturated rings. The number of carbonyl (C=O) groups is 1. The SMILES string of the molecule is CC(=O)c1ccc(C2CCCCC2)cn1. The van der Waals surface area contributed by atoms with Crippen LogP contribution >= 0.6 is 0 Å². The zero-order valence-corrected chi connectivity index (χ0v) is 9.20. The highest BCUT2D eigenvalue weighted by Gasteiger charge is 2.15. The number of hydrogen-bond donors (Lipinski definition) is 0. The molecule has 0 saturated heterocycles. The molecule has 0 aromatic carbocycles.